The Hall–Kier alpha value is -4.92. The van der Waals surface area contributed by atoms with Gasteiger partial charge in [0.2, 0.25) is 0 Å². The van der Waals surface area contributed by atoms with Crippen LogP contribution in [0.1, 0.15) is 57.7 Å². The molecule has 0 radical (unpaired) electrons. The van der Waals surface area contributed by atoms with E-state index in [1.807, 2.05) is 37.3 Å². The van der Waals surface area contributed by atoms with Crippen LogP contribution in [-0.4, -0.2) is 27.0 Å². The number of imidazole rings is 1. The quantitative estimate of drug-likeness (QED) is 0.181. The summed E-state index contributed by atoms with van der Waals surface area (Å²) in [7, 11) is 0. The molecule has 0 aliphatic heterocycles. The van der Waals surface area contributed by atoms with Crippen molar-refractivity contribution in [3.8, 4) is 22.5 Å². The number of amides is 1. The SMILES string of the molecule is CCCC(NC(=O)c1ccc(-c2cc(C(F)(F)F)ccc2-c2nc3ccccc3[nH]2)c(C(=O)O)c1)c1ccccc1. The molecule has 0 bridgehead atoms. The summed E-state index contributed by atoms with van der Waals surface area (Å²) < 4.78 is 41.2. The topological polar surface area (TPSA) is 95.1 Å². The van der Waals surface area contributed by atoms with Gasteiger partial charge in [0.25, 0.3) is 5.91 Å². The van der Waals surface area contributed by atoms with Crippen LogP contribution in [0.15, 0.2) is 91.0 Å². The molecular formula is C32H26F3N3O3. The Morgan fingerprint density at radius 3 is 2.29 bits per heavy atom. The Balaban J connectivity index is 1.59. The van der Waals surface area contributed by atoms with E-state index in [1.165, 1.54) is 24.3 Å². The van der Waals surface area contributed by atoms with Gasteiger partial charge < -0.3 is 15.4 Å². The second-order valence-corrected chi connectivity index (χ2v) is 9.65. The van der Waals surface area contributed by atoms with E-state index in [2.05, 4.69) is 15.3 Å². The molecule has 9 heteroatoms. The summed E-state index contributed by atoms with van der Waals surface area (Å²) in [6, 6.07) is 23.4. The van der Waals surface area contributed by atoms with E-state index in [0.717, 1.165) is 24.1 Å². The first-order chi connectivity index (χ1) is 19.7. The predicted octanol–water partition coefficient (Wildman–Crippen LogP) is 7.89. The van der Waals surface area contributed by atoms with Crippen molar-refractivity contribution >= 4 is 22.9 Å². The zero-order valence-corrected chi connectivity index (χ0v) is 22.0. The molecule has 1 amide bonds. The summed E-state index contributed by atoms with van der Waals surface area (Å²) in [6.07, 6.45) is -3.18. The maximum absolute atomic E-state index is 13.7. The zero-order valence-electron chi connectivity index (χ0n) is 22.0. The van der Waals surface area contributed by atoms with Crippen LogP contribution >= 0.6 is 0 Å². The van der Waals surface area contributed by atoms with E-state index in [9.17, 15) is 27.9 Å². The lowest BCUT2D eigenvalue weighted by Gasteiger charge is -2.19. The van der Waals surface area contributed by atoms with Gasteiger partial charge in [-0.3, -0.25) is 4.79 Å². The first-order valence-corrected chi connectivity index (χ1v) is 13.1. The fourth-order valence-electron chi connectivity index (χ4n) is 4.87. The number of carboxylic acid groups (broad SMARTS) is 1. The minimum Gasteiger partial charge on any atom is -0.478 e. The van der Waals surface area contributed by atoms with Crippen LogP contribution in [-0.2, 0) is 6.18 Å². The van der Waals surface area contributed by atoms with E-state index >= 15 is 0 Å². The second kappa shape index (κ2) is 11.3. The average molecular weight is 558 g/mol. The van der Waals surface area contributed by atoms with Gasteiger partial charge in [-0.25, -0.2) is 9.78 Å². The molecule has 1 aromatic heterocycles. The first-order valence-electron chi connectivity index (χ1n) is 13.1. The number of nitrogens with zero attached hydrogens (tertiary/aromatic N) is 1. The second-order valence-electron chi connectivity index (χ2n) is 9.65. The van der Waals surface area contributed by atoms with Gasteiger partial charge in [0.1, 0.15) is 5.82 Å². The minimum atomic E-state index is -4.66. The third-order valence-electron chi connectivity index (χ3n) is 6.88. The highest BCUT2D eigenvalue weighted by molar-refractivity contribution is 6.03. The van der Waals surface area contributed by atoms with Crippen molar-refractivity contribution in [3.63, 3.8) is 0 Å². The monoisotopic (exact) mass is 557 g/mol. The lowest BCUT2D eigenvalue weighted by Crippen LogP contribution is -2.28. The number of carboxylic acids is 1. The summed E-state index contributed by atoms with van der Waals surface area (Å²) in [6.45, 7) is 1.99. The summed E-state index contributed by atoms with van der Waals surface area (Å²) in [5.41, 5.74) is 1.40. The Morgan fingerprint density at radius 1 is 0.902 bits per heavy atom. The minimum absolute atomic E-state index is 0.0244. The number of benzene rings is 4. The smallest absolute Gasteiger partial charge is 0.416 e. The number of para-hydroxylation sites is 2. The number of aromatic amines is 1. The summed E-state index contributed by atoms with van der Waals surface area (Å²) in [5.74, 6) is -1.57. The van der Waals surface area contributed by atoms with Crippen molar-refractivity contribution in [1.82, 2.24) is 15.3 Å². The van der Waals surface area contributed by atoms with Gasteiger partial charge in [-0.1, -0.05) is 67.9 Å². The summed E-state index contributed by atoms with van der Waals surface area (Å²) >= 11 is 0. The van der Waals surface area contributed by atoms with E-state index in [0.29, 0.717) is 28.8 Å². The van der Waals surface area contributed by atoms with Gasteiger partial charge in [0, 0.05) is 11.1 Å². The largest absolute Gasteiger partial charge is 0.478 e. The van der Waals surface area contributed by atoms with Crippen molar-refractivity contribution in [3.05, 3.63) is 113 Å². The number of alkyl halides is 3. The number of hydrogen-bond acceptors (Lipinski definition) is 3. The molecule has 208 valence electrons. The standard InChI is InChI=1S/C32H26F3N3O3/c1-2-8-26(19-9-4-3-5-10-19)38-30(39)20-13-15-22(25(17-20)31(40)41)24-18-21(32(33,34)35)14-16-23(24)29-36-27-11-6-7-12-28(27)37-29/h3-7,9-18,26H,2,8H2,1H3,(H,36,37)(H,38,39)(H,40,41). The molecule has 0 spiro atoms. The molecule has 4 aromatic carbocycles. The van der Waals surface area contributed by atoms with Gasteiger partial charge in [-0.05, 0) is 59.5 Å². The first kappa shape index (κ1) is 27.6. The van der Waals surface area contributed by atoms with Gasteiger partial charge in [0.15, 0.2) is 0 Å². The molecule has 5 rings (SSSR count). The van der Waals surface area contributed by atoms with Crippen LogP contribution in [0.25, 0.3) is 33.5 Å². The molecule has 6 nitrogen and oxygen atoms in total. The number of aromatic nitrogens is 2. The van der Waals surface area contributed by atoms with Gasteiger partial charge in [-0.2, -0.15) is 13.2 Å². The van der Waals surface area contributed by atoms with Crippen LogP contribution in [0.4, 0.5) is 13.2 Å². The number of aromatic carboxylic acids is 1. The predicted molar refractivity (Wildman–Crippen MR) is 150 cm³/mol. The number of fused-ring (bicyclic) bond motifs is 1. The Labute approximate surface area is 233 Å². The Bertz CT molecular complexity index is 1700. The fraction of sp³-hybridized carbons (Fsp3) is 0.156. The lowest BCUT2D eigenvalue weighted by atomic mass is 9.91. The van der Waals surface area contributed by atoms with Crippen LogP contribution in [0, 0.1) is 0 Å². The van der Waals surface area contributed by atoms with Gasteiger partial charge in [-0.15, -0.1) is 0 Å². The van der Waals surface area contributed by atoms with E-state index in [-0.39, 0.29) is 28.3 Å². The normalized spacial score (nSPS) is 12.3. The molecule has 0 aliphatic rings. The third-order valence-corrected chi connectivity index (χ3v) is 6.88. The number of carbonyl (C=O) groups excluding carboxylic acids is 1. The lowest BCUT2D eigenvalue weighted by molar-refractivity contribution is -0.137. The molecule has 3 N–H and O–H groups in total. The fourth-order valence-corrected chi connectivity index (χ4v) is 4.87. The molecule has 5 aromatic rings. The number of hydrogen-bond donors (Lipinski definition) is 3. The Kier molecular flexibility index (Phi) is 7.61. The van der Waals surface area contributed by atoms with Crippen molar-refractivity contribution in [2.24, 2.45) is 0 Å². The number of rotatable bonds is 8. The maximum Gasteiger partial charge on any atom is 0.416 e. The van der Waals surface area contributed by atoms with Gasteiger partial charge in [0.05, 0.1) is 28.2 Å². The third kappa shape index (κ3) is 5.84. The highest BCUT2D eigenvalue weighted by atomic mass is 19.4. The number of carbonyl (C=O) groups is 2. The number of halogens is 3. The van der Waals surface area contributed by atoms with Crippen molar-refractivity contribution in [2.45, 2.75) is 32.0 Å². The summed E-state index contributed by atoms with van der Waals surface area (Å²) in [5, 5.41) is 13.1. The average Bonchev–Trinajstić information content (AvgIpc) is 3.40. The van der Waals surface area contributed by atoms with E-state index < -0.39 is 23.6 Å². The molecule has 1 atom stereocenters. The molecule has 41 heavy (non-hydrogen) atoms. The molecule has 0 fully saturated rings. The molecule has 1 unspecified atom stereocenters. The van der Waals surface area contributed by atoms with Crippen LogP contribution in [0.2, 0.25) is 0 Å². The van der Waals surface area contributed by atoms with Crippen molar-refractivity contribution in [1.29, 1.82) is 0 Å². The van der Waals surface area contributed by atoms with Crippen molar-refractivity contribution in [2.75, 3.05) is 0 Å². The van der Waals surface area contributed by atoms with E-state index in [4.69, 9.17) is 0 Å². The molecular weight excluding hydrogens is 531 g/mol. The number of H-pyrrole nitrogens is 1. The van der Waals surface area contributed by atoms with Crippen LogP contribution < -0.4 is 5.32 Å². The zero-order chi connectivity index (χ0) is 29.1. The highest BCUT2D eigenvalue weighted by Crippen LogP contribution is 2.39. The summed E-state index contributed by atoms with van der Waals surface area (Å²) in [4.78, 5) is 33.3. The maximum atomic E-state index is 13.7. The van der Waals surface area contributed by atoms with Crippen molar-refractivity contribution < 1.29 is 27.9 Å². The van der Waals surface area contributed by atoms with Crippen LogP contribution in [0.3, 0.4) is 0 Å². The highest BCUT2D eigenvalue weighted by Gasteiger charge is 2.32. The Morgan fingerprint density at radius 2 is 1.61 bits per heavy atom. The van der Waals surface area contributed by atoms with Crippen LogP contribution in [0.5, 0.6) is 0 Å². The molecule has 0 saturated heterocycles. The van der Waals surface area contributed by atoms with E-state index in [1.54, 1.807) is 24.3 Å². The van der Waals surface area contributed by atoms with Gasteiger partial charge >= 0.3 is 12.1 Å². The molecule has 0 aliphatic carbocycles. The molecule has 1 heterocycles. The number of nitrogens with one attached hydrogen (secondary N) is 2. The molecule has 0 saturated carbocycles.